The highest BCUT2D eigenvalue weighted by atomic mass is 79.9. The monoisotopic (exact) mass is 568 g/mol. The molecular weight excluding hydrogens is 551 g/mol. The second-order valence-corrected chi connectivity index (χ2v) is 9.57. The highest BCUT2D eigenvalue weighted by Gasteiger charge is 2.40. The topological polar surface area (TPSA) is 18.5 Å². The van der Waals surface area contributed by atoms with Gasteiger partial charge in [-0.2, -0.15) is 0 Å². The lowest BCUT2D eigenvalue weighted by atomic mass is 9.85. The molecule has 30 heavy (non-hydrogen) atoms. The van der Waals surface area contributed by atoms with Crippen LogP contribution in [0.25, 0.3) is 22.4 Å². The van der Waals surface area contributed by atoms with Crippen molar-refractivity contribution in [3.05, 3.63) is 77.5 Å². The fraction of sp³-hybridized carbons (Fsp3) is 0.250. The zero-order chi connectivity index (χ0) is 21.5. The zero-order valence-corrected chi connectivity index (χ0v) is 21.3. The summed E-state index contributed by atoms with van der Waals surface area (Å²) in [5.41, 5.74) is 2.01. The van der Waals surface area contributed by atoms with Crippen LogP contribution in [0, 0.1) is 0 Å². The number of fused-ring (bicyclic) bond motifs is 2. The molecule has 0 saturated carbocycles. The van der Waals surface area contributed by atoms with Gasteiger partial charge in [0.2, 0.25) is 0 Å². The van der Waals surface area contributed by atoms with Crippen molar-refractivity contribution in [2.45, 2.75) is 26.1 Å². The summed E-state index contributed by atoms with van der Waals surface area (Å²) in [6, 6.07) is 13.9. The molecule has 0 spiro atoms. The van der Waals surface area contributed by atoms with E-state index in [0.717, 1.165) is 41.3 Å². The van der Waals surface area contributed by atoms with Gasteiger partial charge in [-0.05, 0) is 97.2 Å². The van der Waals surface area contributed by atoms with E-state index in [4.69, 9.17) is 32.7 Å². The SMILES string of the molecule is CCOC1(OCC)CC=c2cc(Cl)ccc2=C1c1c(Br)c(Br)cc2cc(Cl)ccc12. The van der Waals surface area contributed by atoms with Gasteiger partial charge in [-0.1, -0.05) is 41.4 Å². The van der Waals surface area contributed by atoms with Crippen LogP contribution in [0.2, 0.25) is 10.0 Å². The third-order valence-electron chi connectivity index (χ3n) is 5.25. The van der Waals surface area contributed by atoms with Crippen LogP contribution in [0.4, 0.5) is 0 Å². The summed E-state index contributed by atoms with van der Waals surface area (Å²) in [7, 11) is 0. The van der Waals surface area contributed by atoms with Crippen LogP contribution in [-0.2, 0) is 9.47 Å². The van der Waals surface area contributed by atoms with Crippen LogP contribution in [0.5, 0.6) is 0 Å². The highest BCUT2D eigenvalue weighted by molar-refractivity contribution is 9.13. The lowest BCUT2D eigenvalue weighted by Gasteiger charge is -2.38. The number of hydrogen-bond acceptors (Lipinski definition) is 2. The highest BCUT2D eigenvalue weighted by Crippen LogP contribution is 2.44. The Labute approximate surface area is 202 Å². The average Bonchev–Trinajstić information content (AvgIpc) is 2.70. The number of benzene rings is 3. The van der Waals surface area contributed by atoms with E-state index in [1.165, 1.54) is 0 Å². The second kappa shape index (κ2) is 8.93. The molecule has 0 atom stereocenters. The fourth-order valence-electron chi connectivity index (χ4n) is 4.14. The van der Waals surface area contributed by atoms with Crippen molar-refractivity contribution in [2.24, 2.45) is 0 Å². The Hall–Kier alpha value is -0.880. The molecule has 0 radical (unpaired) electrons. The summed E-state index contributed by atoms with van der Waals surface area (Å²) in [4.78, 5) is 0. The molecule has 2 nitrogen and oxygen atoms in total. The van der Waals surface area contributed by atoms with Gasteiger partial charge in [0.05, 0.1) is 0 Å². The average molecular weight is 571 g/mol. The van der Waals surface area contributed by atoms with Crippen molar-refractivity contribution in [1.29, 1.82) is 0 Å². The molecule has 0 saturated heterocycles. The Balaban J connectivity index is 2.22. The summed E-state index contributed by atoms with van der Waals surface area (Å²) in [5.74, 6) is -0.903. The second-order valence-electron chi connectivity index (χ2n) is 7.05. The van der Waals surface area contributed by atoms with E-state index in [0.29, 0.717) is 29.7 Å². The molecule has 0 aliphatic heterocycles. The molecule has 0 heterocycles. The van der Waals surface area contributed by atoms with Gasteiger partial charge in [-0.25, -0.2) is 0 Å². The smallest absolute Gasteiger partial charge is 0.199 e. The normalized spacial score (nSPS) is 15.2. The summed E-state index contributed by atoms with van der Waals surface area (Å²) < 4.78 is 14.6. The first kappa shape index (κ1) is 22.3. The van der Waals surface area contributed by atoms with Crippen LogP contribution in [-0.4, -0.2) is 19.0 Å². The van der Waals surface area contributed by atoms with Crippen LogP contribution in [0.3, 0.4) is 0 Å². The Bertz CT molecular complexity index is 1250. The molecule has 1 aliphatic rings. The van der Waals surface area contributed by atoms with Crippen LogP contribution < -0.4 is 10.4 Å². The van der Waals surface area contributed by atoms with Gasteiger partial charge in [0.15, 0.2) is 5.79 Å². The minimum atomic E-state index is -0.903. The molecule has 3 aromatic carbocycles. The van der Waals surface area contributed by atoms with E-state index in [1.54, 1.807) is 0 Å². The van der Waals surface area contributed by atoms with Crippen molar-refractivity contribution < 1.29 is 9.47 Å². The van der Waals surface area contributed by atoms with Gasteiger partial charge < -0.3 is 9.47 Å². The molecule has 0 amide bonds. The fourth-order valence-corrected chi connectivity index (χ4v) is 5.47. The van der Waals surface area contributed by atoms with E-state index in [9.17, 15) is 0 Å². The van der Waals surface area contributed by atoms with Crippen molar-refractivity contribution >= 4 is 77.5 Å². The molecule has 0 fully saturated rings. The first-order chi connectivity index (χ1) is 14.4. The predicted octanol–water partition coefficient (Wildman–Crippen LogP) is 6.82. The van der Waals surface area contributed by atoms with Gasteiger partial charge in [-0.15, -0.1) is 0 Å². The van der Waals surface area contributed by atoms with Crippen LogP contribution in [0.1, 0.15) is 25.8 Å². The summed E-state index contributed by atoms with van der Waals surface area (Å²) in [5, 5.41) is 5.61. The van der Waals surface area contributed by atoms with E-state index in [2.05, 4.69) is 44.0 Å². The van der Waals surface area contributed by atoms with Crippen LogP contribution in [0.15, 0.2) is 51.4 Å². The van der Waals surface area contributed by atoms with Gasteiger partial charge in [0, 0.05) is 49.8 Å². The molecule has 1 aliphatic carbocycles. The van der Waals surface area contributed by atoms with Crippen molar-refractivity contribution in [1.82, 2.24) is 0 Å². The van der Waals surface area contributed by atoms with E-state index < -0.39 is 5.79 Å². The van der Waals surface area contributed by atoms with Crippen molar-refractivity contribution in [3.63, 3.8) is 0 Å². The Morgan fingerprint density at radius 1 is 0.933 bits per heavy atom. The van der Waals surface area contributed by atoms with Gasteiger partial charge in [0.1, 0.15) is 0 Å². The molecule has 0 unspecified atom stereocenters. The lowest BCUT2D eigenvalue weighted by molar-refractivity contribution is -0.187. The molecule has 0 N–H and O–H groups in total. The van der Waals surface area contributed by atoms with Gasteiger partial charge >= 0.3 is 0 Å². The summed E-state index contributed by atoms with van der Waals surface area (Å²) in [6.07, 6.45) is 2.73. The molecule has 0 aromatic heterocycles. The predicted molar refractivity (Wildman–Crippen MR) is 133 cm³/mol. The van der Waals surface area contributed by atoms with E-state index in [1.807, 2.05) is 50.2 Å². The number of halogens is 4. The van der Waals surface area contributed by atoms with E-state index >= 15 is 0 Å². The minimum Gasteiger partial charge on any atom is -0.346 e. The number of hydrogen-bond donors (Lipinski definition) is 0. The number of ether oxygens (including phenoxy) is 2. The maximum absolute atomic E-state index is 6.35. The van der Waals surface area contributed by atoms with Gasteiger partial charge in [-0.3, -0.25) is 0 Å². The Morgan fingerprint density at radius 3 is 2.30 bits per heavy atom. The zero-order valence-electron chi connectivity index (χ0n) is 16.6. The molecular formula is C24H20Br2Cl2O2. The number of rotatable bonds is 5. The molecule has 6 heteroatoms. The van der Waals surface area contributed by atoms with Gasteiger partial charge in [0.25, 0.3) is 0 Å². The Morgan fingerprint density at radius 2 is 1.60 bits per heavy atom. The maximum atomic E-state index is 6.35. The molecule has 4 rings (SSSR count). The lowest BCUT2D eigenvalue weighted by Crippen LogP contribution is -2.47. The molecule has 156 valence electrons. The first-order valence-electron chi connectivity index (χ1n) is 9.76. The third kappa shape index (κ3) is 3.87. The first-order valence-corrected chi connectivity index (χ1v) is 12.1. The Kier molecular flexibility index (Phi) is 6.64. The third-order valence-corrected chi connectivity index (χ3v) is 7.71. The van der Waals surface area contributed by atoms with Crippen molar-refractivity contribution in [2.75, 3.05) is 13.2 Å². The quantitative estimate of drug-likeness (QED) is 0.313. The summed E-state index contributed by atoms with van der Waals surface area (Å²) in [6.45, 7) is 5.03. The maximum Gasteiger partial charge on any atom is 0.199 e. The minimum absolute atomic E-state index is 0.523. The summed E-state index contributed by atoms with van der Waals surface area (Å²) >= 11 is 20.1. The largest absolute Gasteiger partial charge is 0.346 e. The molecule has 0 bridgehead atoms. The van der Waals surface area contributed by atoms with Crippen LogP contribution >= 0.6 is 55.1 Å². The van der Waals surface area contributed by atoms with Crippen molar-refractivity contribution in [3.8, 4) is 0 Å². The molecule has 3 aromatic rings. The standard InChI is InChI=1S/C24H20Br2Cl2O2/c1-3-29-24(30-4-2)10-9-14-11-16(27)6-8-19(14)22(24)21-18-7-5-17(28)12-15(18)13-20(25)23(21)26/h5-9,11-13H,3-4,10H2,1-2H3. The van der Waals surface area contributed by atoms with E-state index in [-0.39, 0.29) is 0 Å².